The Kier molecular flexibility index (Phi) is 4.60. The Morgan fingerprint density at radius 2 is 2.20 bits per heavy atom. The van der Waals surface area contributed by atoms with E-state index in [1.54, 1.807) is 7.11 Å². The number of methoxy groups -OCH3 is 1. The predicted molar refractivity (Wildman–Crippen MR) is 75.6 cm³/mol. The Labute approximate surface area is 119 Å². The third kappa shape index (κ3) is 3.10. The number of carboxylic acid groups (broad SMARTS) is 1. The van der Waals surface area contributed by atoms with Gasteiger partial charge in [-0.1, -0.05) is 6.07 Å². The quantitative estimate of drug-likeness (QED) is 0.914. The molecule has 110 valence electrons. The van der Waals surface area contributed by atoms with Gasteiger partial charge in [0.2, 0.25) is 5.88 Å². The van der Waals surface area contributed by atoms with Crippen molar-refractivity contribution in [1.82, 2.24) is 9.88 Å². The number of aliphatic carboxylic acids is 1. The van der Waals surface area contributed by atoms with E-state index < -0.39 is 5.97 Å². The molecule has 0 aromatic carbocycles. The molecule has 0 radical (unpaired) electrons. The van der Waals surface area contributed by atoms with Gasteiger partial charge in [0.1, 0.15) is 0 Å². The molecule has 1 aliphatic rings. The van der Waals surface area contributed by atoms with Gasteiger partial charge in [-0.25, -0.2) is 4.98 Å². The molecular formula is C15H22N2O3. The smallest absolute Gasteiger partial charge is 0.308 e. The van der Waals surface area contributed by atoms with Crippen molar-refractivity contribution >= 4 is 5.97 Å². The van der Waals surface area contributed by atoms with Crippen LogP contribution >= 0.6 is 0 Å². The molecule has 1 fully saturated rings. The molecule has 2 heterocycles. The van der Waals surface area contributed by atoms with E-state index in [1.807, 2.05) is 25.1 Å². The van der Waals surface area contributed by atoms with Crippen LogP contribution in [0.2, 0.25) is 0 Å². The SMILES string of the molecule is COc1cccc(CN2C(C)CCC(C(=O)O)C2C)n1. The Morgan fingerprint density at radius 1 is 1.45 bits per heavy atom. The first kappa shape index (κ1) is 14.8. The van der Waals surface area contributed by atoms with Crippen LogP contribution < -0.4 is 4.74 Å². The Balaban J connectivity index is 2.14. The van der Waals surface area contributed by atoms with Crippen LogP contribution in [-0.2, 0) is 11.3 Å². The molecule has 1 aromatic rings. The van der Waals surface area contributed by atoms with E-state index in [-0.39, 0.29) is 12.0 Å². The van der Waals surface area contributed by atoms with Crippen LogP contribution in [0.25, 0.3) is 0 Å². The van der Waals surface area contributed by atoms with E-state index in [0.29, 0.717) is 18.5 Å². The molecule has 1 saturated heterocycles. The Hall–Kier alpha value is -1.62. The molecule has 2 rings (SSSR count). The minimum absolute atomic E-state index is 0.0178. The van der Waals surface area contributed by atoms with Crippen molar-refractivity contribution in [3.05, 3.63) is 23.9 Å². The molecule has 20 heavy (non-hydrogen) atoms. The summed E-state index contributed by atoms with van der Waals surface area (Å²) in [6.07, 6.45) is 1.66. The normalized spacial score (nSPS) is 27.2. The molecule has 3 atom stereocenters. The minimum Gasteiger partial charge on any atom is -0.481 e. The lowest BCUT2D eigenvalue weighted by molar-refractivity contribution is -0.146. The van der Waals surface area contributed by atoms with Crippen molar-refractivity contribution in [2.24, 2.45) is 5.92 Å². The molecule has 1 aliphatic heterocycles. The van der Waals surface area contributed by atoms with Crippen molar-refractivity contribution in [3.63, 3.8) is 0 Å². The van der Waals surface area contributed by atoms with Gasteiger partial charge in [0, 0.05) is 24.7 Å². The highest BCUT2D eigenvalue weighted by molar-refractivity contribution is 5.71. The maximum absolute atomic E-state index is 11.3. The molecule has 0 saturated carbocycles. The van der Waals surface area contributed by atoms with Crippen LogP contribution in [0.1, 0.15) is 32.4 Å². The van der Waals surface area contributed by atoms with Gasteiger partial charge in [-0.15, -0.1) is 0 Å². The van der Waals surface area contributed by atoms with Gasteiger partial charge < -0.3 is 9.84 Å². The second kappa shape index (κ2) is 6.22. The van der Waals surface area contributed by atoms with Crippen LogP contribution in [0.4, 0.5) is 0 Å². The molecule has 3 unspecified atom stereocenters. The number of carboxylic acids is 1. The number of aromatic nitrogens is 1. The number of nitrogens with zero attached hydrogens (tertiary/aromatic N) is 2. The van der Waals surface area contributed by atoms with Gasteiger partial charge in [-0.05, 0) is 32.8 Å². The van der Waals surface area contributed by atoms with E-state index in [0.717, 1.165) is 18.5 Å². The van der Waals surface area contributed by atoms with Crippen molar-refractivity contribution in [3.8, 4) is 5.88 Å². The van der Waals surface area contributed by atoms with Crippen molar-refractivity contribution in [2.45, 2.75) is 45.3 Å². The summed E-state index contributed by atoms with van der Waals surface area (Å²) in [5, 5.41) is 9.30. The Bertz CT molecular complexity index is 478. The fourth-order valence-electron chi connectivity index (χ4n) is 2.94. The fraction of sp³-hybridized carbons (Fsp3) is 0.600. The minimum atomic E-state index is -0.701. The van der Waals surface area contributed by atoms with Gasteiger partial charge in [-0.3, -0.25) is 9.69 Å². The van der Waals surface area contributed by atoms with E-state index >= 15 is 0 Å². The lowest BCUT2D eigenvalue weighted by Crippen LogP contribution is -2.50. The summed E-state index contributed by atoms with van der Waals surface area (Å²) < 4.78 is 5.13. The summed E-state index contributed by atoms with van der Waals surface area (Å²) in [5.74, 6) is -0.403. The van der Waals surface area contributed by atoms with Crippen molar-refractivity contribution < 1.29 is 14.6 Å². The van der Waals surface area contributed by atoms with Crippen LogP contribution in [-0.4, -0.2) is 40.2 Å². The standard InChI is InChI=1S/C15H22N2O3/c1-10-7-8-13(15(18)19)11(2)17(10)9-12-5-4-6-14(16-12)20-3/h4-6,10-11,13H,7-9H2,1-3H3,(H,18,19). The number of ether oxygens (including phenoxy) is 1. The number of likely N-dealkylation sites (tertiary alicyclic amines) is 1. The highest BCUT2D eigenvalue weighted by atomic mass is 16.5. The highest BCUT2D eigenvalue weighted by Crippen LogP contribution is 2.29. The van der Waals surface area contributed by atoms with Gasteiger partial charge in [0.25, 0.3) is 0 Å². The number of rotatable bonds is 4. The van der Waals surface area contributed by atoms with Crippen LogP contribution in [0, 0.1) is 5.92 Å². The number of carbonyl (C=O) groups is 1. The topological polar surface area (TPSA) is 62.7 Å². The zero-order chi connectivity index (χ0) is 14.7. The predicted octanol–water partition coefficient (Wildman–Crippen LogP) is 2.16. The highest BCUT2D eigenvalue weighted by Gasteiger charge is 2.36. The largest absolute Gasteiger partial charge is 0.481 e. The number of hydrogen-bond donors (Lipinski definition) is 1. The number of pyridine rings is 1. The average molecular weight is 278 g/mol. The van der Waals surface area contributed by atoms with E-state index in [2.05, 4.69) is 16.8 Å². The molecule has 1 N–H and O–H groups in total. The maximum atomic E-state index is 11.3. The first-order valence-corrected chi connectivity index (χ1v) is 7.01. The molecule has 0 amide bonds. The van der Waals surface area contributed by atoms with Gasteiger partial charge in [-0.2, -0.15) is 0 Å². The summed E-state index contributed by atoms with van der Waals surface area (Å²) in [6.45, 7) is 4.80. The summed E-state index contributed by atoms with van der Waals surface area (Å²) in [7, 11) is 1.60. The molecule has 0 aliphatic carbocycles. The third-order valence-electron chi connectivity index (χ3n) is 4.22. The second-order valence-corrected chi connectivity index (χ2v) is 5.46. The third-order valence-corrected chi connectivity index (χ3v) is 4.22. The van der Waals surface area contributed by atoms with Crippen molar-refractivity contribution in [1.29, 1.82) is 0 Å². The summed E-state index contributed by atoms with van der Waals surface area (Å²) in [4.78, 5) is 17.9. The van der Waals surface area contributed by atoms with Crippen molar-refractivity contribution in [2.75, 3.05) is 7.11 Å². The average Bonchev–Trinajstić information content (AvgIpc) is 2.43. The Morgan fingerprint density at radius 3 is 2.85 bits per heavy atom. The van der Waals surface area contributed by atoms with Crippen LogP contribution in [0.5, 0.6) is 5.88 Å². The lowest BCUT2D eigenvalue weighted by atomic mass is 9.86. The first-order valence-electron chi connectivity index (χ1n) is 7.01. The zero-order valence-electron chi connectivity index (χ0n) is 12.2. The zero-order valence-corrected chi connectivity index (χ0v) is 12.2. The molecule has 0 spiro atoms. The summed E-state index contributed by atoms with van der Waals surface area (Å²) >= 11 is 0. The molecule has 5 heteroatoms. The number of piperidine rings is 1. The van der Waals surface area contributed by atoms with E-state index in [9.17, 15) is 9.90 Å². The number of hydrogen-bond acceptors (Lipinski definition) is 4. The van der Waals surface area contributed by atoms with Gasteiger partial charge >= 0.3 is 5.97 Å². The lowest BCUT2D eigenvalue weighted by Gasteiger charge is -2.42. The molecule has 1 aromatic heterocycles. The van der Waals surface area contributed by atoms with Gasteiger partial charge in [0.05, 0.1) is 18.7 Å². The van der Waals surface area contributed by atoms with E-state index in [4.69, 9.17) is 4.74 Å². The molecular weight excluding hydrogens is 256 g/mol. The molecule has 0 bridgehead atoms. The fourth-order valence-corrected chi connectivity index (χ4v) is 2.94. The van der Waals surface area contributed by atoms with Crippen LogP contribution in [0.3, 0.4) is 0 Å². The van der Waals surface area contributed by atoms with Gasteiger partial charge in [0.15, 0.2) is 0 Å². The first-order chi connectivity index (χ1) is 9.52. The van der Waals surface area contributed by atoms with E-state index in [1.165, 1.54) is 0 Å². The maximum Gasteiger partial charge on any atom is 0.308 e. The molecule has 5 nitrogen and oxygen atoms in total. The summed E-state index contributed by atoms with van der Waals surface area (Å²) in [6, 6.07) is 6.06. The summed E-state index contributed by atoms with van der Waals surface area (Å²) in [5.41, 5.74) is 0.911. The monoisotopic (exact) mass is 278 g/mol. The van der Waals surface area contributed by atoms with Crippen LogP contribution in [0.15, 0.2) is 18.2 Å². The second-order valence-electron chi connectivity index (χ2n) is 5.46.